The van der Waals surface area contributed by atoms with Crippen molar-refractivity contribution in [2.75, 3.05) is 11.9 Å². The summed E-state index contributed by atoms with van der Waals surface area (Å²) in [6, 6.07) is 13.0. The van der Waals surface area contributed by atoms with Gasteiger partial charge in [-0.3, -0.25) is 14.2 Å². The number of esters is 1. The number of carbonyl (C=O) groups excluding carboxylic acids is 2. The number of benzene rings is 2. The third kappa shape index (κ3) is 5.49. The Bertz CT molecular complexity index is 1520. The number of hydrogen-bond acceptors (Lipinski definition) is 6. The molecule has 2 aromatic carbocycles. The summed E-state index contributed by atoms with van der Waals surface area (Å²) < 4.78 is 6.58. The third-order valence-corrected chi connectivity index (χ3v) is 7.53. The van der Waals surface area contributed by atoms with Crippen LogP contribution in [0, 0.1) is 0 Å². The summed E-state index contributed by atoms with van der Waals surface area (Å²) >= 11 is 1.43. The van der Waals surface area contributed by atoms with Crippen LogP contribution in [0.2, 0.25) is 0 Å². The van der Waals surface area contributed by atoms with Gasteiger partial charge in [0.2, 0.25) is 5.91 Å². The molecule has 1 amide bonds. The molecule has 2 heterocycles. The molecule has 0 fully saturated rings. The van der Waals surface area contributed by atoms with E-state index in [-0.39, 0.29) is 18.0 Å². The first-order chi connectivity index (χ1) is 18.0. The van der Waals surface area contributed by atoms with Crippen molar-refractivity contribution < 1.29 is 14.3 Å². The van der Waals surface area contributed by atoms with Gasteiger partial charge in [0, 0.05) is 16.6 Å². The zero-order valence-electron chi connectivity index (χ0n) is 20.8. The lowest BCUT2D eigenvalue weighted by Gasteiger charge is -2.16. The maximum atomic E-state index is 13.4. The standard InChI is InChI=1S/C29H29N3O4S/c1-2-3-13-36-29(35)22-9-6-10-23(15-22)31-25(33)16-32-18-30-27-26(28(32)34)24(17-37-27)21-12-11-19-7-4-5-8-20(19)14-21/h6,9-12,14-15,17-18H,2-5,7-8,13,16H2,1H3,(H,31,33). The fourth-order valence-electron chi connectivity index (χ4n) is 4.67. The normalized spacial score (nSPS) is 12.8. The topological polar surface area (TPSA) is 90.3 Å². The van der Waals surface area contributed by atoms with Gasteiger partial charge in [0.05, 0.1) is 23.9 Å². The molecule has 0 unspecified atom stereocenters. The van der Waals surface area contributed by atoms with Crippen LogP contribution in [0.1, 0.15) is 54.1 Å². The van der Waals surface area contributed by atoms with Crippen molar-refractivity contribution >= 4 is 39.1 Å². The molecule has 8 heteroatoms. The molecular weight excluding hydrogens is 486 g/mol. The molecule has 0 aliphatic heterocycles. The maximum Gasteiger partial charge on any atom is 0.338 e. The Morgan fingerprint density at radius 3 is 2.78 bits per heavy atom. The van der Waals surface area contributed by atoms with Crippen molar-refractivity contribution in [3.63, 3.8) is 0 Å². The Balaban J connectivity index is 1.34. The van der Waals surface area contributed by atoms with Gasteiger partial charge in [-0.25, -0.2) is 9.78 Å². The molecule has 0 atom stereocenters. The van der Waals surface area contributed by atoms with Crippen LogP contribution in [0.15, 0.2) is 59.0 Å². The molecule has 190 valence electrons. The highest BCUT2D eigenvalue weighted by Gasteiger charge is 2.17. The molecule has 1 N–H and O–H groups in total. The highest BCUT2D eigenvalue weighted by molar-refractivity contribution is 7.17. The van der Waals surface area contributed by atoms with Crippen LogP contribution in [0.25, 0.3) is 21.3 Å². The van der Waals surface area contributed by atoms with Crippen LogP contribution in [0.5, 0.6) is 0 Å². The van der Waals surface area contributed by atoms with E-state index in [0.717, 1.165) is 36.8 Å². The summed E-state index contributed by atoms with van der Waals surface area (Å²) in [5.74, 6) is -0.812. The van der Waals surface area contributed by atoms with E-state index in [1.165, 1.54) is 46.2 Å². The molecule has 1 aliphatic carbocycles. The van der Waals surface area contributed by atoms with Gasteiger partial charge in [-0.15, -0.1) is 11.3 Å². The Kier molecular flexibility index (Phi) is 7.46. The van der Waals surface area contributed by atoms with Gasteiger partial charge in [0.25, 0.3) is 5.56 Å². The number of carbonyl (C=O) groups is 2. The predicted octanol–water partition coefficient (Wildman–Crippen LogP) is 5.60. The molecule has 5 rings (SSSR count). The number of amides is 1. The molecule has 1 aliphatic rings. The van der Waals surface area contributed by atoms with Gasteiger partial charge in [-0.1, -0.05) is 37.6 Å². The number of anilines is 1. The number of aryl methyl sites for hydroxylation is 2. The monoisotopic (exact) mass is 515 g/mol. The predicted molar refractivity (Wildman–Crippen MR) is 146 cm³/mol. The lowest BCUT2D eigenvalue weighted by molar-refractivity contribution is -0.116. The van der Waals surface area contributed by atoms with E-state index < -0.39 is 5.97 Å². The first-order valence-corrected chi connectivity index (χ1v) is 13.6. The van der Waals surface area contributed by atoms with Crippen molar-refractivity contribution in [2.45, 2.75) is 52.0 Å². The second-order valence-corrected chi connectivity index (χ2v) is 10.2. The van der Waals surface area contributed by atoms with Crippen LogP contribution in [-0.2, 0) is 28.9 Å². The fraction of sp³-hybridized carbons (Fsp3) is 0.310. The van der Waals surface area contributed by atoms with E-state index in [1.807, 2.05) is 12.3 Å². The summed E-state index contributed by atoms with van der Waals surface area (Å²) in [4.78, 5) is 43.6. The smallest absolute Gasteiger partial charge is 0.338 e. The number of thiophene rings is 1. The van der Waals surface area contributed by atoms with E-state index in [2.05, 4.69) is 28.5 Å². The quantitative estimate of drug-likeness (QED) is 0.244. The minimum Gasteiger partial charge on any atom is -0.462 e. The second-order valence-electron chi connectivity index (χ2n) is 9.32. The Labute approximate surface area is 219 Å². The zero-order valence-corrected chi connectivity index (χ0v) is 21.6. The van der Waals surface area contributed by atoms with Gasteiger partial charge in [0.15, 0.2) is 0 Å². The average Bonchev–Trinajstić information content (AvgIpc) is 3.35. The number of hydrogen-bond donors (Lipinski definition) is 1. The minimum atomic E-state index is -0.428. The van der Waals surface area contributed by atoms with Crippen LogP contribution in [0.3, 0.4) is 0 Å². The van der Waals surface area contributed by atoms with E-state index in [1.54, 1.807) is 24.3 Å². The first kappa shape index (κ1) is 24.9. The lowest BCUT2D eigenvalue weighted by atomic mass is 9.89. The molecule has 4 aromatic rings. The fourth-order valence-corrected chi connectivity index (χ4v) is 5.57. The van der Waals surface area contributed by atoms with Gasteiger partial charge < -0.3 is 10.1 Å². The van der Waals surface area contributed by atoms with Gasteiger partial charge in [0.1, 0.15) is 11.4 Å². The van der Waals surface area contributed by atoms with Crippen molar-refractivity contribution in [3.05, 3.63) is 81.2 Å². The van der Waals surface area contributed by atoms with E-state index in [4.69, 9.17) is 4.74 Å². The molecule has 0 bridgehead atoms. The number of ether oxygens (including phenoxy) is 1. The van der Waals surface area contributed by atoms with Crippen LogP contribution >= 0.6 is 11.3 Å². The largest absolute Gasteiger partial charge is 0.462 e. The van der Waals surface area contributed by atoms with Crippen LogP contribution in [0.4, 0.5) is 5.69 Å². The third-order valence-electron chi connectivity index (χ3n) is 6.65. The molecular formula is C29H29N3O4S. The van der Waals surface area contributed by atoms with Crippen LogP contribution < -0.4 is 10.9 Å². The van der Waals surface area contributed by atoms with Crippen LogP contribution in [-0.4, -0.2) is 28.0 Å². The summed E-state index contributed by atoms with van der Waals surface area (Å²) in [6.45, 7) is 2.20. The summed E-state index contributed by atoms with van der Waals surface area (Å²) in [6.07, 6.45) is 7.72. The number of unbranched alkanes of at least 4 members (excludes halogenated alkanes) is 1. The number of rotatable bonds is 8. The van der Waals surface area contributed by atoms with Crippen molar-refractivity contribution in [1.29, 1.82) is 0 Å². The Morgan fingerprint density at radius 1 is 1.11 bits per heavy atom. The molecule has 2 aromatic heterocycles. The van der Waals surface area contributed by atoms with Gasteiger partial charge in [-0.05, 0) is 67.0 Å². The molecule has 37 heavy (non-hydrogen) atoms. The SMILES string of the molecule is CCCCOC(=O)c1cccc(NC(=O)Cn2cnc3scc(-c4ccc5c(c4)CCCC5)c3c2=O)c1. The highest BCUT2D eigenvalue weighted by Crippen LogP contribution is 2.33. The number of nitrogens with zero attached hydrogens (tertiary/aromatic N) is 2. The van der Waals surface area contributed by atoms with E-state index in [0.29, 0.717) is 28.1 Å². The highest BCUT2D eigenvalue weighted by atomic mass is 32.1. The van der Waals surface area contributed by atoms with E-state index >= 15 is 0 Å². The zero-order chi connectivity index (χ0) is 25.8. The summed E-state index contributed by atoms with van der Waals surface area (Å²) in [5.41, 5.74) is 5.18. The Hall–Kier alpha value is -3.78. The number of nitrogens with one attached hydrogen (secondary N) is 1. The lowest BCUT2D eigenvalue weighted by Crippen LogP contribution is -2.27. The second kappa shape index (κ2) is 11.1. The van der Waals surface area contributed by atoms with Gasteiger partial charge >= 0.3 is 5.97 Å². The number of fused-ring (bicyclic) bond motifs is 2. The average molecular weight is 516 g/mol. The molecule has 0 saturated heterocycles. The Morgan fingerprint density at radius 2 is 1.95 bits per heavy atom. The van der Waals surface area contributed by atoms with Gasteiger partial charge in [-0.2, -0.15) is 0 Å². The molecule has 0 radical (unpaired) electrons. The first-order valence-electron chi connectivity index (χ1n) is 12.7. The molecule has 7 nitrogen and oxygen atoms in total. The van der Waals surface area contributed by atoms with E-state index in [9.17, 15) is 14.4 Å². The molecule has 0 spiro atoms. The molecule has 0 saturated carbocycles. The number of aromatic nitrogens is 2. The maximum absolute atomic E-state index is 13.4. The summed E-state index contributed by atoms with van der Waals surface area (Å²) in [5, 5.41) is 5.28. The summed E-state index contributed by atoms with van der Waals surface area (Å²) in [7, 11) is 0. The van der Waals surface area contributed by atoms with Crippen molar-refractivity contribution in [3.8, 4) is 11.1 Å². The van der Waals surface area contributed by atoms with Crippen molar-refractivity contribution in [2.24, 2.45) is 0 Å². The minimum absolute atomic E-state index is 0.188. The van der Waals surface area contributed by atoms with Crippen molar-refractivity contribution in [1.82, 2.24) is 9.55 Å².